The van der Waals surface area contributed by atoms with Crippen molar-refractivity contribution >= 4 is 10.9 Å². The first-order chi connectivity index (χ1) is 12.0. The molecular weight excluding hydrogens is 312 g/mol. The molecule has 0 radical (unpaired) electrons. The highest BCUT2D eigenvalue weighted by molar-refractivity contribution is 5.89. The van der Waals surface area contributed by atoms with E-state index in [1.807, 2.05) is 24.1 Å². The number of piperidine rings is 1. The van der Waals surface area contributed by atoms with Crippen LogP contribution >= 0.6 is 0 Å². The predicted octanol–water partition coefficient (Wildman–Crippen LogP) is 3.38. The van der Waals surface area contributed by atoms with Crippen molar-refractivity contribution in [3.8, 4) is 5.75 Å². The van der Waals surface area contributed by atoms with Crippen LogP contribution in [0.4, 0.5) is 0 Å². The summed E-state index contributed by atoms with van der Waals surface area (Å²) in [7, 11) is 4.15. The van der Waals surface area contributed by atoms with E-state index in [2.05, 4.69) is 54.2 Å². The molecule has 2 aromatic heterocycles. The Morgan fingerprint density at radius 3 is 2.84 bits per heavy atom. The monoisotopic (exact) mass is 338 g/mol. The van der Waals surface area contributed by atoms with Crippen molar-refractivity contribution in [3.63, 3.8) is 0 Å². The summed E-state index contributed by atoms with van der Waals surface area (Å²) in [5.41, 5.74) is 4.89. The van der Waals surface area contributed by atoms with Crippen LogP contribution in [0.25, 0.3) is 10.9 Å². The molecule has 5 heteroatoms. The van der Waals surface area contributed by atoms with Crippen LogP contribution in [0, 0.1) is 13.8 Å². The minimum absolute atomic E-state index is 0.167. The highest BCUT2D eigenvalue weighted by Gasteiger charge is 2.32. The molecule has 1 saturated heterocycles. The van der Waals surface area contributed by atoms with Crippen LogP contribution in [-0.2, 0) is 7.05 Å². The molecule has 3 aromatic rings. The molecule has 0 unspecified atom stereocenters. The lowest BCUT2D eigenvalue weighted by Crippen LogP contribution is -2.42. The molecule has 4 rings (SSSR count). The first-order valence-corrected chi connectivity index (χ1v) is 8.94. The van der Waals surface area contributed by atoms with E-state index in [4.69, 9.17) is 4.74 Å². The highest BCUT2D eigenvalue weighted by atomic mass is 16.5. The number of benzene rings is 1. The van der Waals surface area contributed by atoms with Gasteiger partial charge in [0, 0.05) is 43.8 Å². The van der Waals surface area contributed by atoms with Crippen molar-refractivity contribution in [2.45, 2.75) is 32.3 Å². The van der Waals surface area contributed by atoms with E-state index < -0.39 is 0 Å². The smallest absolute Gasteiger partial charge is 0.132 e. The first kappa shape index (κ1) is 16.2. The third-order valence-electron chi connectivity index (χ3n) is 5.35. The molecule has 1 aliphatic rings. The first-order valence-electron chi connectivity index (χ1n) is 8.94. The molecule has 132 valence electrons. The Balaban J connectivity index is 1.70. The number of nitrogens with zero attached hydrogens (tertiary/aromatic N) is 3. The molecule has 0 aliphatic carbocycles. The van der Waals surface area contributed by atoms with Gasteiger partial charge in [0.25, 0.3) is 0 Å². The van der Waals surface area contributed by atoms with Crippen molar-refractivity contribution in [2.24, 2.45) is 7.05 Å². The number of likely N-dealkylation sites (tertiary alicyclic amines) is 1. The van der Waals surface area contributed by atoms with Crippen LogP contribution in [0.1, 0.15) is 29.0 Å². The molecule has 5 nitrogen and oxygen atoms in total. The predicted molar refractivity (Wildman–Crippen MR) is 100 cm³/mol. The number of rotatable bonds is 3. The molecule has 1 aromatic carbocycles. The van der Waals surface area contributed by atoms with Crippen molar-refractivity contribution in [3.05, 3.63) is 47.4 Å². The maximum atomic E-state index is 6.65. The summed E-state index contributed by atoms with van der Waals surface area (Å²) >= 11 is 0. The maximum absolute atomic E-state index is 6.65. The normalized spacial score (nSPS) is 21.8. The number of aromatic amines is 1. The lowest BCUT2D eigenvalue weighted by molar-refractivity contribution is 0.0909. The summed E-state index contributed by atoms with van der Waals surface area (Å²) in [6.45, 7) is 6.34. The number of hydrogen-bond donors (Lipinski definition) is 1. The molecule has 3 heterocycles. The zero-order chi connectivity index (χ0) is 17.6. The highest BCUT2D eigenvalue weighted by Crippen LogP contribution is 2.36. The minimum atomic E-state index is 0.167. The number of aromatic nitrogens is 3. The number of H-pyrrole nitrogens is 1. The molecule has 0 spiro atoms. The topological polar surface area (TPSA) is 46.1 Å². The van der Waals surface area contributed by atoms with Crippen LogP contribution in [-0.4, -0.2) is 45.9 Å². The standard InChI is InChI=1S/C20H26N4O/c1-13-9-14(2)20(16-5-7-21-19(13)16)25-18-6-8-23(3)12-17(18)15-10-22-24(4)11-15/h5,7,9-11,17-18,21H,6,8,12H2,1-4H3/t17-,18+/m0/s1. The molecule has 1 fully saturated rings. The van der Waals surface area contributed by atoms with Gasteiger partial charge in [0.2, 0.25) is 0 Å². The fourth-order valence-corrected chi connectivity index (χ4v) is 4.05. The second-order valence-electron chi connectivity index (χ2n) is 7.37. The molecule has 2 atom stereocenters. The number of hydrogen-bond acceptors (Lipinski definition) is 3. The van der Waals surface area contributed by atoms with E-state index in [1.165, 1.54) is 27.6 Å². The van der Waals surface area contributed by atoms with Crippen molar-refractivity contribution in [2.75, 3.05) is 20.1 Å². The molecule has 1 N–H and O–H groups in total. The Hall–Kier alpha value is -2.27. The minimum Gasteiger partial charge on any atom is -0.489 e. The molecular formula is C20H26N4O. The van der Waals surface area contributed by atoms with Crippen molar-refractivity contribution < 1.29 is 4.74 Å². The average molecular weight is 338 g/mol. The van der Waals surface area contributed by atoms with Gasteiger partial charge in [-0.25, -0.2) is 0 Å². The summed E-state index contributed by atoms with van der Waals surface area (Å²) in [5.74, 6) is 1.35. The van der Waals surface area contributed by atoms with E-state index in [1.54, 1.807) is 0 Å². The van der Waals surface area contributed by atoms with Crippen LogP contribution in [0.15, 0.2) is 30.7 Å². The summed E-state index contributed by atoms with van der Waals surface area (Å²) in [6, 6.07) is 4.33. The van der Waals surface area contributed by atoms with Crippen molar-refractivity contribution in [1.82, 2.24) is 19.7 Å². The van der Waals surface area contributed by atoms with E-state index in [0.29, 0.717) is 5.92 Å². The number of aryl methyl sites for hydroxylation is 3. The van der Waals surface area contributed by atoms with E-state index in [-0.39, 0.29) is 6.10 Å². The fraction of sp³-hybridized carbons (Fsp3) is 0.450. The van der Waals surface area contributed by atoms with Crippen LogP contribution < -0.4 is 4.74 Å². The van der Waals surface area contributed by atoms with E-state index in [0.717, 1.165) is 25.3 Å². The van der Waals surface area contributed by atoms with Gasteiger partial charge in [0.15, 0.2) is 0 Å². The molecule has 0 bridgehead atoms. The summed E-state index contributed by atoms with van der Waals surface area (Å²) in [6.07, 6.45) is 7.29. The molecule has 0 amide bonds. The van der Waals surface area contributed by atoms with Gasteiger partial charge < -0.3 is 14.6 Å². The quantitative estimate of drug-likeness (QED) is 0.796. The second-order valence-corrected chi connectivity index (χ2v) is 7.37. The van der Waals surface area contributed by atoms with Gasteiger partial charge in [-0.05, 0) is 50.1 Å². The summed E-state index contributed by atoms with van der Waals surface area (Å²) < 4.78 is 8.53. The molecule has 1 aliphatic heterocycles. The Bertz CT molecular complexity index is 894. The summed E-state index contributed by atoms with van der Waals surface area (Å²) in [5, 5.41) is 5.55. The Labute approximate surface area is 148 Å². The SMILES string of the molecule is Cc1cc(C)c2[nH]ccc2c1O[C@@H]1CCN(C)C[C@H]1c1cnn(C)c1. The number of nitrogens with one attached hydrogen (secondary N) is 1. The molecule has 25 heavy (non-hydrogen) atoms. The number of ether oxygens (including phenoxy) is 1. The number of fused-ring (bicyclic) bond motifs is 1. The van der Waals surface area contributed by atoms with Crippen molar-refractivity contribution in [1.29, 1.82) is 0 Å². The van der Waals surface area contributed by atoms with E-state index in [9.17, 15) is 0 Å². The zero-order valence-corrected chi connectivity index (χ0v) is 15.4. The van der Waals surface area contributed by atoms with Crippen LogP contribution in [0.2, 0.25) is 0 Å². The van der Waals surface area contributed by atoms with Gasteiger partial charge >= 0.3 is 0 Å². The average Bonchev–Trinajstić information content (AvgIpc) is 3.22. The Kier molecular flexibility index (Phi) is 4.04. The van der Waals surface area contributed by atoms with Gasteiger partial charge in [0.05, 0.1) is 11.7 Å². The van der Waals surface area contributed by atoms with Gasteiger partial charge in [-0.15, -0.1) is 0 Å². The Morgan fingerprint density at radius 1 is 1.24 bits per heavy atom. The van der Waals surface area contributed by atoms with E-state index >= 15 is 0 Å². The molecule has 0 saturated carbocycles. The fourth-order valence-electron chi connectivity index (χ4n) is 4.05. The lowest BCUT2D eigenvalue weighted by atomic mass is 9.89. The van der Waals surface area contributed by atoms with Gasteiger partial charge in [-0.1, -0.05) is 6.07 Å². The van der Waals surface area contributed by atoms with Crippen LogP contribution in [0.3, 0.4) is 0 Å². The largest absolute Gasteiger partial charge is 0.489 e. The maximum Gasteiger partial charge on any atom is 0.132 e. The van der Waals surface area contributed by atoms with Gasteiger partial charge in [-0.2, -0.15) is 5.10 Å². The lowest BCUT2D eigenvalue weighted by Gasteiger charge is -2.37. The summed E-state index contributed by atoms with van der Waals surface area (Å²) in [4.78, 5) is 5.72. The van der Waals surface area contributed by atoms with Gasteiger partial charge in [-0.3, -0.25) is 4.68 Å². The van der Waals surface area contributed by atoms with Gasteiger partial charge in [0.1, 0.15) is 11.9 Å². The third-order valence-corrected chi connectivity index (χ3v) is 5.35. The zero-order valence-electron chi connectivity index (χ0n) is 15.4. The number of likely N-dealkylation sites (N-methyl/N-ethyl adjacent to an activating group) is 1. The third kappa shape index (κ3) is 2.93. The second kappa shape index (κ2) is 6.23. The Morgan fingerprint density at radius 2 is 2.08 bits per heavy atom. The van der Waals surface area contributed by atoms with Crippen LogP contribution in [0.5, 0.6) is 5.75 Å².